The second kappa shape index (κ2) is 34.9. The van der Waals surface area contributed by atoms with Gasteiger partial charge in [-0.3, -0.25) is 4.79 Å². The first-order chi connectivity index (χ1) is 34.3. The lowest BCUT2D eigenvalue weighted by Gasteiger charge is -2.28. The van der Waals surface area contributed by atoms with E-state index in [0.29, 0.717) is 37.8 Å². The number of carbonyl (C=O) groups is 1. The molecule has 0 spiro atoms. The van der Waals surface area contributed by atoms with Crippen molar-refractivity contribution in [3.05, 3.63) is 155 Å². The van der Waals surface area contributed by atoms with Crippen molar-refractivity contribution in [2.24, 2.45) is 0 Å². The smallest absolute Gasteiger partial charge is 0.254 e. The quantitative estimate of drug-likeness (QED) is 0.0409. The predicted octanol–water partition coefficient (Wildman–Crippen LogP) is 13.4. The summed E-state index contributed by atoms with van der Waals surface area (Å²) in [4.78, 5) is 21.0. The van der Waals surface area contributed by atoms with Crippen LogP contribution >= 0.6 is 0 Å². The number of ether oxygens (including phenoxy) is 4. The molecule has 0 heterocycles. The van der Waals surface area contributed by atoms with Crippen LogP contribution in [0.25, 0.3) is 0 Å². The van der Waals surface area contributed by atoms with Crippen molar-refractivity contribution in [3.63, 3.8) is 0 Å². The minimum absolute atomic E-state index is 0.0700. The van der Waals surface area contributed by atoms with Crippen LogP contribution in [-0.2, 0) is 32.7 Å². The minimum Gasteiger partial charge on any atom is -0.493 e. The third-order valence-corrected chi connectivity index (χ3v) is 12.5. The zero-order valence-corrected chi connectivity index (χ0v) is 44.2. The van der Waals surface area contributed by atoms with Crippen molar-refractivity contribution in [1.82, 2.24) is 20.0 Å². The Morgan fingerprint density at radius 1 is 0.457 bits per heavy atom. The largest absolute Gasteiger partial charge is 0.493 e. The van der Waals surface area contributed by atoms with Gasteiger partial charge in [0.1, 0.15) is 13.2 Å². The van der Waals surface area contributed by atoms with Gasteiger partial charge in [0.05, 0.1) is 14.2 Å². The van der Waals surface area contributed by atoms with Crippen LogP contribution in [0, 0.1) is 0 Å². The molecule has 1 amide bonds. The van der Waals surface area contributed by atoms with Crippen LogP contribution in [-0.4, -0.2) is 87.2 Å². The van der Waals surface area contributed by atoms with E-state index in [1.165, 1.54) is 82.0 Å². The summed E-state index contributed by atoms with van der Waals surface area (Å²) in [5, 5.41) is 3.59. The molecule has 0 unspecified atom stereocenters. The molecule has 0 fully saturated rings. The van der Waals surface area contributed by atoms with E-state index < -0.39 is 0 Å². The lowest BCUT2D eigenvalue weighted by Crippen LogP contribution is -2.39. The van der Waals surface area contributed by atoms with Gasteiger partial charge in [-0.2, -0.15) is 0 Å². The predicted molar refractivity (Wildman–Crippen MR) is 292 cm³/mol. The fourth-order valence-electron chi connectivity index (χ4n) is 8.13. The number of hydrogen-bond acceptors (Lipinski definition) is 8. The summed E-state index contributed by atoms with van der Waals surface area (Å²) in [5.74, 6) is 3.02. The van der Waals surface area contributed by atoms with Crippen LogP contribution < -0.4 is 24.3 Å². The molecule has 0 aliphatic carbocycles. The highest BCUT2D eigenvalue weighted by Crippen LogP contribution is 2.31. The van der Waals surface area contributed by atoms with E-state index in [2.05, 4.69) is 86.1 Å². The van der Waals surface area contributed by atoms with E-state index in [4.69, 9.17) is 18.9 Å². The Balaban J connectivity index is 0.000000323. The summed E-state index contributed by atoms with van der Waals surface area (Å²) in [6.45, 7) is 21.8. The average Bonchev–Trinajstić information content (AvgIpc) is 3.40. The molecule has 0 radical (unpaired) electrons. The molecular formula is C61H88N4O5. The Bertz CT molecular complexity index is 2100. The molecule has 70 heavy (non-hydrogen) atoms. The molecular weight excluding hydrogens is 869 g/mol. The molecule has 0 saturated carbocycles. The summed E-state index contributed by atoms with van der Waals surface area (Å²) < 4.78 is 23.3. The maximum atomic E-state index is 13.9. The first-order valence-electron chi connectivity index (χ1n) is 26.5. The molecule has 0 aromatic heterocycles. The zero-order chi connectivity index (χ0) is 50.0. The van der Waals surface area contributed by atoms with E-state index >= 15 is 0 Å². The Labute approximate surface area is 423 Å². The Kier molecular flexibility index (Phi) is 28.5. The third-order valence-electron chi connectivity index (χ3n) is 12.5. The van der Waals surface area contributed by atoms with Crippen LogP contribution in [0.2, 0.25) is 0 Å². The van der Waals surface area contributed by atoms with Crippen molar-refractivity contribution >= 4 is 5.91 Å². The first-order valence-corrected chi connectivity index (χ1v) is 26.5. The minimum atomic E-state index is 0.0700. The fraction of sp³-hybridized carbons (Fsp3) is 0.492. The third kappa shape index (κ3) is 21.7. The van der Waals surface area contributed by atoms with Gasteiger partial charge in [-0.1, -0.05) is 152 Å². The lowest BCUT2D eigenvalue weighted by atomic mass is 10.1. The van der Waals surface area contributed by atoms with Crippen molar-refractivity contribution in [2.45, 2.75) is 132 Å². The number of nitrogens with one attached hydrogen (secondary N) is 1. The Morgan fingerprint density at radius 3 is 1.40 bits per heavy atom. The summed E-state index contributed by atoms with van der Waals surface area (Å²) in [6.07, 6.45) is 13.2. The lowest BCUT2D eigenvalue weighted by molar-refractivity contribution is 0.0720. The zero-order valence-electron chi connectivity index (χ0n) is 44.2. The summed E-state index contributed by atoms with van der Waals surface area (Å²) in [6, 6.07) is 40.7. The number of unbranched alkanes of at least 4 members (excludes halogenated alkanes) is 5. The molecule has 0 atom stereocenters. The number of carbonyl (C=O) groups excluding carboxylic acids is 1. The number of nitrogens with zero attached hydrogens (tertiary/aromatic N) is 3. The molecule has 0 saturated heterocycles. The van der Waals surface area contributed by atoms with Crippen molar-refractivity contribution < 1.29 is 23.7 Å². The van der Waals surface area contributed by atoms with Gasteiger partial charge in [-0.25, -0.2) is 0 Å². The molecule has 1 N–H and O–H groups in total. The molecule has 5 aromatic rings. The topological polar surface area (TPSA) is 75.7 Å². The molecule has 9 nitrogen and oxygen atoms in total. The van der Waals surface area contributed by atoms with Gasteiger partial charge in [0.25, 0.3) is 5.91 Å². The molecule has 0 aliphatic heterocycles. The van der Waals surface area contributed by atoms with E-state index in [-0.39, 0.29) is 5.91 Å². The standard InChI is InChI=1S/C36H50N2O3.C25H38N2O2/c1-5-8-14-30-17-20-33(21-18-30)36(39)38(26-25-37(23-9-6-2)24-10-7-3)28-32-19-22-34(40-4)35(27-32)41-29-31-15-12-11-13-16-31;1-4-6-16-27(17-7-5-2)18-15-26-20-23-13-14-24(28-3)25(19-23)29-21-22-11-9-8-10-12-22/h11-13,15-22,27H,5-10,14,23-26,28-29H2,1-4H3;8-14,19,26H,4-7,15-18,20-21H2,1-3H3. The maximum Gasteiger partial charge on any atom is 0.254 e. The highest BCUT2D eigenvalue weighted by molar-refractivity contribution is 5.94. The van der Waals surface area contributed by atoms with Crippen LogP contribution in [0.4, 0.5) is 0 Å². The van der Waals surface area contributed by atoms with Crippen LogP contribution in [0.3, 0.4) is 0 Å². The highest BCUT2D eigenvalue weighted by atomic mass is 16.5. The number of hydrogen-bond donors (Lipinski definition) is 1. The van der Waals surface area contributed by atoms with E-state index in [1.54, 1.807) is 14.2 Å². The van der Waals surface area contributed by atoms with Gasteiger partial charge >= 0.3 is 0 Å². The summed E-state index contributed by atoms with van der Waals surface area (Å²) in [5.41, 5.74) is 6.51. The van der Waals surface area contributed by atoms with Gasteiger partial charge in [-0.05, 0) is 129 Å². The highest BCUT2D eigenvalue weighted by Gasteiger charge is 2.19. The van der Waals surface area contributed by atoms with Crippen molar-refractivity contribution in [2.75, 3.05) is 66.6 Å². The SMILES string of the molecule is CCCCN(CCCC)CCNCc1ccc(OC)c(OCc2ccccc2)c1.CCCCc1ccc(C(=O)N(CCN(CCCC)CCCC)Cc2ccc(OC)c(OCc3ccccc3)c2)cc1. The van der Waals surface area contributed by atoms with Crippen LogP contribution in [0.15, 0.2) is 121 Å². The normalized spacial score (nSPS) is 11.0. The number of rotatable bonds is 34. The summed E-state index contributed by atoms with van der Waals surface area (Å²) in [7, 11) is 3.34. The molecule has 5 aromatic carbocycles. The van der Waals surface area contributed by atoms with Crippen LogP contribution in [0.5, 0.6) is 23.0 Å². The molecule has 0 aliphatic rings. The molecule has 9 heteroatoms. The average molecular weight is 957 g/mol. The van der Waals surface area contributed by atoms with Gasteiger partial charge in [0, 0.05) is 44.8 Å². The number of benzene rings is 5. The second-order valence-electron chi connectivity index (χ2n) is 18.3. The summed E-state index contributed by atoms with van der Waals surface area (Å²) >= 11 is 0. The monoisotopic (exact) mass is 957 g/mol. The van der Waals surface area contributed by atoms with Crippen molar-refractivity contribution in [1.29, 1.82) is 0 Å². The van der Waals surface area contributed by atoms with Gasteiger partial charge in [-0.15, -0.1) is 0 Å². The van der Waals surface area contributed by atoms with Crippen LogP contribution in [0.1, 0.15) is 137 Å². The van der Waals surface area contributed by atoms with E-state index in [1.807, 2.05) is 89.8 Å². The van der Waals surface area contributed by atoms with Gasteiger partial charge < -0.3 is 39.0 Å². The second-order valence-corrected chi connectivity index (χ2v) is 18.3. The number of amides is 1. The molecule has 382 valence electrons. The van der Waals surface area contributed by atoms with Gasteiger partial charge in [0.15, 0.2) is 23.0 Å². The Morgan fingerprint density at radius 2 is 0.914 bits per heavy atom. The van der Waals surface area contributed by atoms with Crippen molar-refractivity contribution in [3.8, 4) is 23.0 Å². The molecule has 5 rings (SSSR count). The molecule has 0 bridgehead atoms. The van der Waals surface area contributed by atoms with E-state index in [9.17, 15) is 4.79 Å². The van der Waals surface area contributed by atoms with E-state index in [0.717, 1.165) is 85.9 Å². The fourth-order valence-corrected chi connectivity index (χ4v) is 8.13. The Hall–Kier alpha value is -5.35. The number of aryl methyl sites for hydroxylation is 1. The first kappa shape index (κ1) is 57.2. The maximum absolute atomic E-state index is 13.9. The van der Waals surface area contributed by atoms with Gasteiger partial charge in [0.2, 0.25) is 0 Å². The number of methoxy groups -OCH3 is 2.